The molecule has 3 N–H and O–H groups in total. The van der Waals surface area contributed by atoms with Gasteiger partial charge in [0.25, 0.3) is 0 Å². The van der Waals surface area contributed by atoms with Crippen LogP contribution in [0.4, 0.5) is 10.1 Å². The van der Waals surface area contributed by atoms with Gasteiger partial charge in [0.15, 0.2) is 0 Å². The van der Waals surface area contributed by atoms with E-state index in [0.29, 0.717) is 11.3 Å². The van der Waals surface area contributed by atoms with Gasteiger partial charge in [0.2, 0.25) is 0 Å². The van der Waals surface area contributed by atoms with Crippen LogP contribution in [-0.4, -0.2) is 16.2 Å². The predicted octanol–water partition coefficient (Wildman–Crippen LogP) is 3.40. The number of phenolic OH excluding ortho intramolecular Hbond substituents is 1. The Morgan fingerprint density at radius 3 is 2.40 bits per heavy atom. The molecule has 4 nitrogen and oxygen atoms in total. The predicted molar refractivity (Wildman–Crippen MR) is 73.5 cm³/mol. The number of anilines is 1. The standard InChI is InChI=1S/C15H14FNO3/c1-9(13-7-6-12(18)8-14(13)16)17-11-4-2-10(3-5-11)15(19)20/h2-9,17-18H,1H3,(H,19,20). The first-order chi connectivity index (χ1) is 9.47. The van der Waals surface area contributed by atoms with Gasteiger partial charge in [-0.15, -0.1) is 0 Å². The van der Waals surface area contributed by atoms with Crippen molar-refractivity contribution in [3.05, 3.63) is 59.4 Å². The molecule has 104 valence electrons. The fourth-order valence-electron chi connectivity index (χ4n) is 1.90. The number of hydrogen-bond acceptors (Lipinski definition) is 3. The van der Waals surface area contributed by atoms with E-state index in [1.165, 1.54) is 24.3 Å². The molecule has 0 spiro atoms. The van der Waals surface area contributed by atoms with Gasteiger partial charge in [-0.25, -0.2) is 9.18 Å². The molecule has 2 aromatic carbocycles. The number of rotatable bonds is 4. The Balaban J connectivity index is 2.14. The SMILES string of the molecule is CC(Nc1ccc(C(=O)O)cc1)c1ccc(O)cc1F. The monoisotopic (exact) mass is 275 g/mol. The highest BCUT2D eigenvalue weighted by Gasteiger charge is 2.11. The molecule has 1 atom stereocenters. The zero-order valence-corrected chi connectivity index (χ0v) is 10.8. The Bertz CT molecular complexity index is 626. The molecule has 0 saturated heterocycles. The maximum atomic E-state index is 13.7. The van der Waals surface area contributed by atoms with E-state index in [-0.39, 0.29) is 17.4 Å². The lowest BCUT2D eigenvalue weighted by Crippen LogP contribution is -2.08. The molecule has 20 heavy (non-hydrogen) atoms. The Morgan fingerprint density at radius 2 is 1.85 bits per heavy atom. The lowest BCUT2D eigenvalue weighted by atomic mass is 10.1. The van der Waals surface area contributed by atoms with Crippen molar-refractivity contribution in [1.29, 1.82) is 0 Å². The van der Waals surface area contributed by atoms with Crippen molar-refractivity contribution in [2.45, 2.75) is 13.0 Å². The molecule has 0 saturated carbocycles. The fourth-order valence-corrected chi connectivity index (χ4v) is 1.90. The zero-order chi connectivity index (χ0) is 14.7. The molecule has 0 radical (unpaired) electrons. The smallest absolute Gasteiger partial charge is 0.335 e. The van der Waals surface area contributed by atoms with Crippen LogP contribution in [0.3, 0.4) is 0 Å². The summed E-state index contributed by atoms with van der Waals surface area (Å²) in [4.78, 5) is 10.7. The molecular formula is C15H14FNO3. The molecule has 0 heterocycles. The van der Waals surface area contributed by atoms with Crippen LogP contribution in [0.15, 0.2) is 42.5 Å². The third kappa shape index (κ3) is 3.06. The molecule has 0 aliphatic heterocycles. The second kappa shape index (κ2) is 5.61. The Hall–Kier alpha value is -2.56. The summed E-state index contributed by atoms with van der Waals surface area (Å²) in [5, 5.41) is 21.0. The molecule has 0 amide bonds. The molecule has 2 rings (SSSR count). The Labute approximate surface area is 115 Å². The molecule has 1 unspecified atom stereocenters. The van der Waals surface area contributed by atoms with Crippen LogP contribution >= 0.6 is 0 Å². The van der Waals surface area contributed by atoms with Gasteiger partial charge in [-0.2, -0.15) is 0 Å². The van der Waals surface area contributed by atoms with Crippen LogP contribution in [0.1, 0.15) is 28.9 Å². The first kappa shape index (κ1) is 13.9. The fraction of sp³-hybridized carbons (Fsp3) is 0.133. The van der Waals surface area contributed by atoms with Crippen LogP contribution < -0.4 is 5.32 Å². The van der Waals surface area contributed by atoms with Crippen LogP contribution in [0.2, 0.25) is 0 Å². The maximum Gasteiger partial charge on any atom is 0.335 e. The van der Waals surface area contributed by atoms with E-state index in [0.717, 1.165) is 6.07 Å². The van der Waals surface area contributed by atoms with Crippen molar-refractivity contribution in [2.24, 2.45) is 0 Å². The number of benzene rings is 2. The van der Waals surface area contributed by atoms with Crippen molar-refractivity contribution in [3.8, 4) is 5.75 Å². The van der Waals surface area contributed by atoms with E-state index in [1.54, 1.807) is 19.1 Å². The molecule has 0 bridgehead atoms. The lowest BCUT2D eigenvalue weighted by Gasteiger charge is -2.16. The first-order valence-corrected chi connectivity index (χ1v) is 6.05. The molecule has 2 aromatic rings. The number of carboxylic acid groups (broad SMARTS) is 1. The minimum absolute atomic E-state index is 0.121. The average molecular weight is 275 g/mol. The Morgan fingerprint density at radius 1 is 1.20 bits per heavy atom. The molecular weight excluding hydrogens is 261 g/mol. The van der Waals surface area contributed by atoms with E-state index < -0.39 is 11.8 Å². The first-order valence-electron chi connectivity index (χ1n) is 6.05. The Kier molecular flexibility index (Phi) is 3.89. The quantitative estimate of drug-likeness (QED) is 0.799. The van der Waals surface area contributed by atoms with Gasteiger partial charge in [0, 0.05) is 17.3 Å². The number of hydrogen-bond donors (Lipinski definition) is 3. The van der Waals surface area contributed by atoms with Crippen LogP contribution in [0.25, 0.3) is 0 Å². The molecule has 0 fully saturated rings. The number of aromatic hydroxyl groups is 1. The van der Waals surface area contributed by atoms with Crippen molar-refractivity contribution in [1.82, 2.24) is 0 Å². The molecule has 5 heteroatoms. The highest BCUT2D eigenvalue weighted by atomic mass is 19.1. The van der Waals surface area contributed by atoms with Crippen molar-refractivity contribution >= 4 is 11.7 Å². The maximum absolute atomic E-state index is 13.7. The minimum Gasteiger partial charge on any atom is -0.508 e. The summed E-state index contributed by atoms with van der Waals surface area (Å²) in [6, 6.07) is 9.87. The van der Waals surface area contributed by atoms with Gasteiger partial charge in [0.1, 0.15) is 11.6 Å². The minimum atomic E-state index is -0.992. The second-order valence-electron chi connectivity index (χ2n) is 4.45. The summed E-state index contributed by atoms with van der Waals surface area (Å²) >= 11 is 0. The van der Waals surface area contributed by atoms with E-state index in [1.807, 2.05) is 0 Å². The molecule has 0 aliphatic rings. The van der Waals surface area contributed by atoms with Crippen molar-refractivity contribution in [2.75, 3.05) is 5.32 Å². The highest BCUT2D eigenvalue weighted by molar-refractivity contribution is 5.88. The molecule has 0 aliphatic carbocycles. The number of nitrogens with one attached hydrogen (secondary N) is 1. The number of carbonyl (C=O) groups is 1. The van der Waals surface area contributed by atoms with Crippen LogP contribution in [-0.2, 0) is 0 Å². The van der Waals surface area contributed by atoms with Gasteiger partial charge >= 0.3 is 5.97 Å². The lowest BCUT2D eigenvalue weighted by molar-refractivity contribution is 0.0697. The summed E-state index contributed by atoms with van der Waals surface area (Å²) in [5.41, 5.74) is 1.30. The number of halogens is 1. The summed E-state index contributed by atoms with van der Waals surface area (Å²) in [6.45, 7) is 1.78. The van der Waals surface area contributed by atoms with Gasteiger partial charge in [-0.1, -0.05) is 6.07 Å². The van der Waals surface area contributed by atoms with Gasteiger partial charge in [-0.05, 0) is 37.3 Å². The van der Waals surface area contributed by atoms with Gasteiger partial charge in [-0.3, -0.25) is 0 Å². The largest absolute Gasteiger partial charge is 0.508 e. The number of phenols is 1. The van der Waals surface area contributed by atoms with Crippen LogP contribution in [0.5, 0.6) is 5.75 Å². The summed E-state index contributed by atoms with van der Waals surface area (Å²) in [5.74, 6) is -1.61. The number of carboxylic acids is 1. The van der Waals surface area contributed by atoms with Gasteiger partial charge < -0.3 is 15.5 Å². The van der Waals surface area contributed by atoms with E-state index in [2.05, 4.69) is 5.32 Å². The summed E-state index contributed by atoms with van der Waals surface area (Å²) < 4.78 is 13.7. The van der Waals surface area contributed by atoms with E-state index >= 15 is 0 Å². The highest BCUT2D eigenvalue weighted by Crippen LogP contribution is 2.24. The van der Waals surface area contributed by atoms with Crippen molar-refractivity contribution < 1.29 is 19.4 Å². The third-order valence-electron chi connectivity index (χ3n) is 2.97. The average Bonchev–Trinajstić information content (AvgIpc) is 2.39. The second-order valence-corrected chi connectivity index (χ2v) is 4.45. The van der Waals surface area contributed by atoms with Crippen molar-refractivity contribution in [3.63, 3.8) is 0 Å². The third-order valence-corrected chi connectivity index (χ3v) is 2.97. The zero-order valence-electron chi connectivity index (χ0n) is 10.8. The molecule has 0 aromatic heterocycles. The summed E-state index contributed by atoms with van der Waals surface area (Å²) in [7, 11) is 0. The number of aromatic carboxylic acids is 1. The van der Waals surface area contributed by atoms with Crippen LogP contribution in [0, 0.1) is 5.82 Å². The summed E-state index contributed by atoms with van der Waals surface area (Å²) in [6.07, 6.45) is 0. The van der Waals surface area contributed by atoms with Gasteiger partial charge in [0.05, 0.1) is 11.6 Å². The van der Waals surface area contributed by atoms with E-state index in [9.17, 15) is 14.3 Å². The van der Waals surface area contributed by atoms with E-state index in [4.69, 9.17) is 5.11 Å². The topological polar surface area (TPSA) is 69.6 Å². The normalized spacial score (nSPS) is 11.9.